The number of aryl methyl sites for hydroxylation is 1. The molecule has 0 unspecified atom stereocenters. The van der Waals surface area contributed by atoms with Crippen LogP contribution in [0.3, 0.4) is 0 Å². The maximum absolute atomic E-state index is 10.9. The zero-order chi connectivity index (χ0) is 13.2. The summed E-state index contributed by atoms with van der Waals surface area (Å²) in [6.07, 6.45) is 0. The first-order valence-corrected chi connectivity index (χ1v) is 6.90. The molecule has 0 aliphatic heterocycles. The van der Waals surface area contributed by atoms with Gasteiger partial charge >= 0.3 is 7.82 Å². The van der Waals surface area contributed by atoms with Gasteiger partial charge in [0.25, 0.3) is 0 Å². The molecule has 18 heavy (non-hydrogen) atoms. The molecule has 0 aliphatic rings. The van der Waals surface area contributed by atoms with Crippen molar-refractivity contribution >= 4 is 7.82 Å². The van der Waals surface area contributed by atoms with E-state index in [4.69, 9.17) is 9.79 Å². The average molecular weight is 264 g/mol. The second kappa shape index (κ2) is 4.94. The lowest BCUT2D eigenvalue weighted by Gasteiger charge is -2.11. The molecule has 0 bridgehead atoms. The molecule has 2 N–H and O–H groups in total. The van der Waals surface area contributed by atoms with Crippen LogP contribution in [0, 0.1) is 6.92 Å². The Morgan fingerprint density at radius 1 is 1.00 bits per heavy atom. The molecule has 0 aliphatic carbocycles. The molecule has 0 heterocycles. The number of phosphoric acid groups is 1. The van der Waals surface area contributed by atoms with Crippen molar-refractivity contribution < 1.29 is 18.9 Å². The maximum atomic E-state index is 10.9. The zero-order valence-electron chi connectivity index (χ0n) is 9.78. The molecule has 2 aromatic rings. The van der Waals surface area contributed by atoms with Gasteiger partial charge in [0.15, 0.2) is 0 Å². The highest BCUT2D eigenvalue weighted by Crippen LogP contribution is 2.41. The van der Waals surface area contributed by atoms with Gasteiger partial charge < -0.3 is 4.52 Å². The van der Waals surface area contributed by atoms with E-state index < -0.39 is 7.82 Å². The predicted octanol–water partition coefficient (Wildman–Crippen LogP) is 3.13. The molecule has 0 aromatic heterocycles. The molecule has 0 saturated carbocycles. The molecule has 0 amide bonds. The van der Waals surface area contributed by atoms with E-state index in [1.807, 2.05) is 31.2 Å². The lowest BCUT2D eigenvalue weighted by Crippen LogP contribution is -1.92. The minimum atomic E-state index is -4.54. The Hall–Kier alpha value is -1.61. The summed E-state index contributed by atoms with van der Waals surface area (Å²) in [7, 11) is -4.54. The number of hydrogen-bond acceptors (Lipinski definition) is 2. The van der Waals surface area contributed by atoms with E-state index in [2.05, 4.69) is 4.52 Å². The van der Waals surface area contributed by atoms with Gasteiger partial charge in [-0.25, -0.2) is 4.57 Å². The number of rotatable bonds is 3. The Kier molecular flexibility index (Phi) is 3.53. The summed E-state index contributed by atoms with van der Waals surface area (Å²) in [6, 6.07) is 14.4. The summed E-state index contributed by atoms with van der Waals surface area (Å²) in [5, 5.41) is 0. The summed E-state index contributed by atoms with van der Waals surface area (Å²) in [4.78, 5) is 17.8. The van der Waals surface area contributed by atoms with Crippen LogP contribution in [0.25, 0.3) is 11.1 Å². The Bertz CT molecular complexity index is 586. The van der Waals surface area contributed by atoms with Crippen LogP contribution in [0.4, 0.5) is 0 Å². The molecule has 94 valence electrons. The minimum absolute atomic E-state index is 0.176. The van der Waals surface area contributed by atoms with Gasteiger partial charge in [-0.3, -0.25) is 9.79 Å². The molecule has 2 aromatic carbocycles. The smallest absolute Gasteiger partial charge is 0.404 e. The summed E-state index contributed by atoms with van der Waals surface area (Å²) in [6.45, 7) is 1.97. The molecule has 0 radical (unpaired) electrons. The Morgan fingerprint density at radius 2 is 1.61 bits per heavy atom. The number of para-hydroxylation sites is 1. The van der Waals surface area contributed by atoms with Gasteiger partial charge in [-0.05, 0) is 18.6 Å². The molecule has 5 heteroatoms. The molecule has 2 rings (SSSR count). The van der Waals surface area contributed by atoms with Crippen LogP contribution in [0.5, 0.6) is 5.75 Å². The van der Waals surface area contributed by atoms with Gasteiger partial charge in [-0.15, -0.1) is 0 Å². The zero-order valence-corrected chi connectivity index (χ0v) is 10.7. The van der Waals surface area contributed by atoms with E-state index in [0.29, 0.717) is 5.56 Å². The van der Waals surface area contributed by atoms with Crippen molar-refractivity contribution in [3.8, 4) is 16.9 Å². The fourth-order valence-corrected chi connectivity index (χ4v) is 2.06. The van der Waals surface area contributed by atoms with Gasteiger partial charge in [-0.2, -0.15) is 0 Å². The molecule has 0 fully saturated rings. The van der Waals surface area contributed by atoms with Crippen molar-refractivity contribution in [2.24, 2.45) is 0 Å². The first-order valence-electron chi connectivity index (χ1n) is 5.37. The first-order chi connectivity index (χ1) is 8.46. The molecular formula is C13H13O4P. The van der Waals surface area contributed by atoms with Crippen molar-refractivity contribution in [2.75, 3.05) is 0 Å². The SMILES string of the molecule is Cc1ccc(-c2ccccc2OP(=O)(O)O)cc1. The van der Waals surface area contributed by atoms with E-state index in [9.17, 15) is 4.57 Å². The second-order valence-electron chi connectivity index (χ2n) is 3.94. The molecule has 0 atom stereocenters. The Balaban J connectivity index is 2.44. The highest BCUT2D eigenvalue weighted by Gasteiger charge is 2.18. The number of benzene rings is 2. The molecule has 4 nitrogen and oxygen atoms in total. The lowest BCUT2D eigenvalue weighted by molar-refractivity contribution is 0.283. The van der Waals surface area contributed by atoms with Crippen molar-refractivity contribution in [3.63, 3.8) is 0 Å². The normalized spacial score (nSPS) is 11.3. The number of phosphoric ester groups is 1. The average Bonchev–Trinajstić information content (AvgIpc) is 2.29. The van der Waals surface area contributed by atoms with Crippen LogP contribution in [-0.4, -0.2) is 9.79 Å². The van der Waals surface area contributed by atoms with Crippen LogP contribution >= 0.6 is 7.82 Å². The van der Waals surface area contributed by atoms with E-state index in [1.54, 1.807) is 18.2 Å². The minimum Gasteiger partial charge on any atom is -0.404 e. The van der Waals surface area contributed by atoms with Crippen molar-refractivity contribution in [1.29, 1.82) is 0 Å². The first kappa shape index (κ1) is 12.8. The van der Waals surface area contributed by atoms with Crippen LogP contribution in [0.1, 0.15) is 5.56 Å². The third kappa shape index (κ3) is 3.20. The van der Waals surface area contributed by atoms with E-state index in [0.717, 1.165) is 11.1 Å². The van der Waals surface area contributed by atoms with Gasteiger partial charge in [0.2, 0.25) is 0 Å². The van der Waals surface area contributed by atoms with Crippen LogP contribution in [0.2, 0.25) is 0 Å². The van der Waals surface area contributed by atoms with Gasteiger partial charge in [0.05, 0.1) is 0 Å². The topological polar surface area (TPSA) is 66.8 Å². The molecule has 0 spiro atoms. The van der Waals surface area contributed by atoms with Crippen molar-refractivity contribution in [1.82, 2.24) is 0 Å². The fourth-order valence-electron chi connectivity index (χ4n) is 1.65. The fraction of sp³-hybridized carbons (Fsp3) is 0.0769. The second-order valence-corrected chi connectivity index (χ2v) is 5.11. The molecule has 0 saturated heterocycles. The van der Waals surface area contributed by atoms with E-state index in [-0.39, 0.29) is 5.75 Å². The van der Waals surface area contributed by atoms with Gasteiger partial charge in [0.1, 0.15) is 5.75 Å². The third-order valence-corrected chi connectivity index (χ3v) is 2.90. The standard InChI is InChI=1S/C13H13O4P/c1-10-6-8-11(9-7-10)12-4-2-3-5-13(12)17-18(14,15)16/h2-9H,1H3,(H2,14,15,16). The summed E-state index contributed by atoms with van der Waals surface area (Å²) in [5.74, 6) is 0.176. The van der Waals surface area contributed by atoms with Crippen molar-refractivity contribution in [2.45, 2.75) is 6.92 Å². The quantitative estimate of drug-likeness (QED) is 0.836. The summed E-state index contributed by atoms with van der Waals surface area (Å²) in [5.41, 5.74) is 2.62. The van der Waals surface area contributed by atoms with Crippen LogP contribution in [0.15, 0.2) is 48.5 Å². The van der Waals surface area contributed by atoms with Crippen molar-refractivity contribution in [3.05, 3.63) is 54.1 Å². The van der Waals surface area contributed by atoms with Crippen LogP contribution in [-0.2, 0) is 4.57 Å². The van der Waals surface area contributed by atoms with Crippen LogP contribution < -0.4 is 4.52 Å². The monoisotopic (exact) mass is 264 g/mol. The Morgan fingerprint density at radius 3 is 2.22 bits per heavy atom. The summed E-state index contributed by atoms with van der Waals surface area (Å²) < 4.78 is 15.6. The largest absolute Gasteiger partial charge is 0.524 e. The third-order valence-electron chi connectivity index (χ3n) is 2.47. The predicted molar refractivity (Wildman–Crippen MR) is 69.3 cm³/mol. The number of hydrogen-bond donors (Lipinski definition) is 2. The lowest BCUT2D eigenvalue weighted by atomic mass is 10.0. The highest BCUT2D eigenvalue weighted by molar-refractivity contribution is 7.46. The van der Waals surface area contributed by atoms with E-state index in [1.165, 1.54) is 6.07 Å². The highest BCUT2D eigenvalue weighted by atomic mass is 31.2. The molecular weight excluding hydrogens is 251 g/mol. The van der Waals surface area contributed by atoms with Gasteiger partial charge in [0, 0.05) is 5.56 Å². The van der Waals surface area contributed by atoms with Gasteiger partial charge in [-0.1, -0.05) is 48.0 Å². The maximum Gasteiger partial charge on any atom is 0.524 e. The Labute approximate surface area is 105 Å². The van der Waals surface area contributed by atoms with E-state index >= 15 is 0 Å². The summed E-state index contributed by atoms with van der Waals surface area (Å²) >= 11 is 0.